The van der Waals surface area contributed by atoms with E-state index < -0.39 is 11.2 Å². The van der Waals surface area contributed by atoms with Crippen LogP contribution in [0.1, 0.15) is 28.4 Å². The van der Waals surface area contributed by atoms with Crippen LogP contribution in [0.25, 0.3) is 0 Å². The number of nitrogens with zero attached hydrogens (tertiary/aromatic N) is 1. The molecule has 6 heteroatoms. The van der Waals surface area contributed by atoms with Gasteiger partial charge in [0.25, 0.3) is 0 Å². The number of Topliss-reactive ketones (excluding diaryl/α,β-unsaturated/α-hetero) is 1. The zero-order valence-corrected chi connectivity index (χ0v) is 16.3. The molecule has 140 valence electrons. The molecule has 3 rings (SSSR count). The number of hydrogen-bond acceptors (Lipinski definition) is 5. The number of thioether (sulfide) groups is 1. The molecule has 0 radical (unpaired) electrons. The normalized spacial score (nSPS) is 14.0. The number of ketones is 1. The van der Waals surface area contributed by atoms with Gasteiger partial charge in [-0.05, 0) is 49.7 Å². The third-order valence-electron chi connectivity index (χ3n) is 4.49. The van der Waals surface area contributed by atoms with Crippen molar-refractivity contribution in [1.29, 1.82) is 0 Å². The van der Waals surface area contributed by atoms with E-state index in [9.17, 15) is 14.4 Å². The highest BCUT2D eigenvalue weighted by molar-refractivity contribution is 8.00. The van der Waals surface area contributed by atoms with Gasteiger partial charge in [0.05, 0.1) is 6.42 Å². The number of ether oxygens (including phenoxy) is 1. The van der Waals surface area contributed by atoms with E-state index in [0.717, 1.165) is 21.7 Å². The number of esters is 1. The maximum absolute atomic E-state index is 12.3. The van der Waals surface area contributed by atoms with Crippen molar-refractivity contribution in [3.63, 3.8) is 0 Å². The van der Waals surface area contributed by atoms with E-state index in [1.54, 1.807) is 37.1 Å². The lowest BCUT2D eigenvalue weighted by atomic mass is 10.1. The topological polar surface area (TPSA) is 63.7 Å². The summed E-state index contributed by atoms with van der Waals surface area (Å²) in [6.07, 6.45) is 0.289. The van der Waals surface area contributed by atoms with Crippen molar-refractivity contribution in [2.75, 3.05) is 18.6 Å². The Morgan fingerprint density at radius 3 is 2.59 bits per heavy atom. The standard InChI is InChI=1S/C21H21NO4S/c1-13-4-7-17(8-5-13)27-14(2)21(25)26-12-19(23)15-6-9-18-16(10-15)11-20(24)22(18)3/h4-10,14H,11-12H2,1-3H3/t14-/m0/s1. The first-order valence-corrected chi connectivity index (χ1v) is 9.56. The molecule has 5 nitrogen and oxygen atoms in total. The fourth-order valence-corrected chi connectivity index (χ4v) is 3.72. The molecule has 2 aromatic rings. The average Bonchev–Trinajstić information content (AvgIpc) is 2.94. The van der Waals surface area contributed by atoms with Crippen molar-refractivity contribution in [2.45, 2.75) is 30.4 Å². The Labute approximate surface area is 162 Å². The Morgan fingerprint density at radius 2 is 1.89 bits per heavy atom. The molecule has 0 bridgehead atoms. The van der Waals surface area contributed by atoms with Gasteiger partial charge in [-0.1, -0.05) is 17.7 Å². The van der Waals surface area contributed by atoms with E-state index in [2.05, 4.69) is 0 Å². The Bertz CT molecular complexity index is 892. The summed E-state index contributed by atoms with van der Waals surface area (Å²) in [7, 11) is 1.71. The third kappa shape index (κ3) is 4.39. The summed E-state index contributed by atoms with van der Waals surface area (Å²) in [6.45, 7) is 3.46. The number of carbonyl (C=O) groups is 3. The molecule has 27 heavy (non-hydrogen) atoms. The predicted molar refractivity (Wildman–Crippen MR) is 105 cm³/mol. The van der Waals surface area contributed by atoms with Crippen LogP contribution < -0.4 is 4.90 Å². The van der Waals surface area contributed by atoms with Gasteiger partial charge in [-0.2, -0.15) is 0 Å². The molecule has 2 aromatic carbocycles. The minimum Gasteiger partial charge on any atom is -0.456 e. The average molecular weight is 383 g/mol. The monoisotopic (exact) mass is 383 g/mol. The number of amides is 1. The van der Waals surface area contributed by atoms with E-state index in [4.69, 9.17) is 4.74 Å². The molecule has 1 atom stereocenters. The van der Waals surface area contributed by atoms with Crippen LogP contribution in [-0.4, -0.2) is 36.6 Å². The van der Waals surface area contributed by atoms with E-state index in [1.165, 1.54) is 11.8 Å². The van der Waals surface area contributed by atoms with Crippen LogP contribution in [0.2, 0.25) is 0 Å². The van der Waals surface area contributed by atoms with Crippen molar-refractivity contribution in [2.24, 2.45) is 0 Å². The number of hydrogen-bond donors (Lipinski definition) is 0. The molecule has 0 fully saturated rings. The molecule has 0 aliphatic carbocycles. The second-order valence-electron chi connectivity index (χ2n) is 6.58. The molecule has 0 saturated heterocycles. The largest absolute Gasteiger partial charge is 0.456 e. The maximum Gasteiger partial charge on any atom is 0.319 e. The molecular weight excluding hydrogens is 362 g/mol. The van der Waals surface area contributed by atoms with Crippen LogP contribution in [0.15, 0.2) is 47.4 Å². The third-order valence-corrected chi connectivity index (χ3v) is 5.58. The van der Waals surface area contributed by atoms with E-state index >= 15 is 0 Å². The summed E-state index contributed by atoms with van der Waals surface area (Å²) in [5, 5.41) is -0.410. The lowest BCUT2D eigenvalue weighted by Crippen LogP contribution is -2.21. The van der Waals surface area contributed by atoms with Gasteiger partial charge < -0.3 is 9.64 Å². The first-order chi connectivity index (χ1) is 12.8. The van der Waals surface area contributed by atoms with Crippen LogP contribution in [-0.2, 0) is 20.7 Å². The molecule has 0 N–H and O–H groups in total. The highest BCUT2D eigenvalue weighted by Crippen LogP contribution is 2.28. The SMILES string of the molecule is Cc1ccc(S[C@@H](C)C(=O)OCC(=O)c2ccc3c(c2)CC(=O)N3C)cc1. The summed E-state index contributed by atoms with van der Waals surface area (Å²) in [5.74, 6) is -0.700. The predicted octanol–water partition coefficient (Wildman–Crippen LogP) is 3.42. The van der Waals surface area contributed by atoms with Gasteiger partial charge in [0.15, 0.2) is 12.4 Å². The Balaban J connectivity index is 1.56. The quantitative estimate of drug-likeness (QED) is 0.434. The minimum absolute atomic E-state index is 0.00276. The molecule has 1 aliphatic rings. The van der Waals surface area contributed by atoms with Gasteiger partial charge in [-0.3, -0.25) is 14.4 Å². The van der Waals surface area contributed by atoms with Crippen molar-refractivity contribution < 1.29 is 19.1 Å². The second-order valence-corrected chi connectivity index (χ2v) is 7.99. The fraction of sp³-hybridized carbons (Fsp3) is 0.286. The molecule has 1 amide bonds. The molecular formula is C21H21NO4S. The Morgan fingerprint density at radius 1 is 1.19 bits per heavy atom. The molecule has 0 spiro atoms. The van der Waals surface area contributed by atoms with Gasteiger partial charge in [0.2, 0.25) is 5.91 Å². The Hall–Kier alpha value is -2.60. The summed E-state index contributed by atoms with van der Waals surface area (Å²) in [4.78, 5) is 38.8. The lowest BCUT2D eigenvalue weighted by Gasteiger charge is -2.12. The van der Waals surface area contributed by atoms with Gasteiger partial charge in [-0.25, -0.2) is 0 Å². The molecule has 0 aromatic heterocycles. The summed E-state index contributed by atoms with van der Waals surface area (Å²) in [5.41, 5.74) is 3.24. The number of fused-ring (bicyclic) bond motifs is 1. The first-order valence-electron chi connectivity index (χ1n) is 8.68. The van der Waals surface area contributed by atoms with Crippen LogP contribution in [0.5, 0.6) is 0 Å². The summed E-state index contributed by atoms with van der Waals surface area (Å²) < 4.78 is 5.19. The van der Waals surface area contributed by atoms with E-state index in [1.807, 2.05) is 31.2 Å². The second kappa shape index (κ2) is 7.96. The van der Waals surface area contributed by atoms with E-state index in [-0.39, 0.29) is 24.7 Å². The number of rotatable bonds is 6. The number of benzene rings is 2. The van der Waals surface area contributed by atoms with Crippen LogP contribution in [0.3, 0.4) is 0 Å². The number of anilines is 1. The number of carbonyl (C=O) groups excluding carboxylic acids is 3. The zero-order chi connectivity index (χ0) is 19.6. The molecule has 1 heterocycles. The number of aryl methyl sites for hydroxylation is 1. The van der Waals surface area contributed by atoms with Gasteiger partial charge in [-0.15, -0.1) is 11.8 Å². The van der Waals surface area contributed by atoms with E-state index in [0.29, 0.717) is 5.56 Å². The molecule has 1 aliphatic heterocycles. The van der Waals surface area contributed by atoms with Crippen molar-refractivity contribution in [3.05, 3.63) is 59.2 Å². The lowest BCUT2D eigenvalue weighted by molar-refractivity contribution is -0.141. The highest BCUT2D eigenvalue weighted by Gasteiger charge is 2.25. The van der Waals surface area contributed by atoms with Crippen LogP contribution in [0, 0.1) is 6.92 Å². The number of likely N-dealkylation sites (N-methyl/N-ethyl adjacent to an activating group) is 1. The van der Waals surface area contributed by atoms with Gasteiger partial charge in [0.1, 0.15) is 5.25 Å². The van der Waals surface area contributed by atoms with Gasteiger partial charge in [0, 0.05) is 23.2 Å². The van der Waals surface area contributed by atoms with Crippen molar-refractivity contribution in [1.82, 2.24) is 0 Å². The summed E-state index contributed by atoms with van der Waals surface area (Å²) >= 11 is 1.40. The highest BCUT2D eigenvalue weighted by atomic mass is 32.2. The Kier molecular flexibility index (Phi) is 5.65. The molecule has 0 saturated carbocycles. The smallest absolute Gasteiger partial charge is 0.319 e. The van der Waals surface area contributed by atoms with Crippen molar-refractivity contribution in [3.8, 4) is 0 Å². The van der Waals surface area contributed by atoms with Crippen molar-refractivity contribution >= 4 is 35.1 Å². The van der Waals surface area contributed by atoms with Crippen LogP contribution >= 0.6 is 11.8 Å². The fourth-order valence-electron chi connectivity index (χ4n) is 2.85. The first kappa shape index (κ1) is 19.2. The van der Waals surface area contributed by atoms with Gasteiger partial charge >= 0.3 is 5.97 Å². The van der Waals surface area contributed by atoms with Crippen LogP contribution in [0.4, 0.5) is 5.69 Å². The maximum atomic E-state index is 12.3. The zero-order valence-electron chi connectivity index (χ0n) is 15.5. The summed E-state index contributed by atoms with van der Waals surface area (Å²) in [6, 6.07) is 13.0. The molecule has 0 unspecified atom stereocenters. The minimum atomic E-state index is -0.426.